The number of halogens is 1. The second-order valence-corrected chi connectivity index (χ2v) is 8.06. The highest BCUT2D eigenvalue weighted by Crippen LogP contribution is 2.21. The lowest BCUT2D eigenvalue weighted by Crippen LogP contribution is -2.32. The number of amides is 1. The van der Waals surface area contributed by atoms with Crippen LogP contribution in [-0.2, 0) is 21.4 Å². The third-order valence-electron chi connectivity index (χ3n) is 3.90. The Balaban J connectivity index is 1.88. The summed E-state index contributed by atoms with van der Waals surface area (Å²) in [6.45, 7) is 2.45. The lowest BCUT2D eigenvalue weighted by molar-refractivity contribution is -0.121. The van der Waals surface area contributed by atoms with Crippen LogP contribution in [0.4, 0.5) is 10.1 Å². The summed E-state index contributed by atoms with van der Waals surface area (Å²) in [4.78, 5) is 12.0. The number of sulfonamides is 1. The second kappa shape index (κ2) is 8.80. The number of aryl methyl sites for hydroxylation is 1. The molecule has 26 heavy (non-hydrogen) atoms. The van der Waals surface area contributed by atoms with E-state index in [-0.39, 0.29) is 24.6 Å². The Morgan fingerprint density at radius 3 is 2.38 bits per heavy atom. The number of rotatable bonds is 8. The third-order valence-corrected chi connectivity index (χ3v) is 5.08. The van der Waals surface area contributed by atoms with Gasteiger partial charge in [-0.1, -0.05) is 42.0 Å². The van der Waals surface area contributed by atoms with Crippen molar-refractivity contribution in [3.05, 3.63) is 65.5 Å². The minimum atomic E-state index is -3.64. The fourth-order valence-corrected chi connectivity index (χ4v) is 3.46. The van der Waals surface area contributed by atoms with Crippen LogP contribution in [0.5, 0.6) is 0 Å². The quantitative estimate of drug-likeness (QED) is 0.768. The molecular formula is C19H23FN2O3S. The standard InChI is InChI=1S/C19H23FN2O3S/c1-15-9-11-16(12-10-15)14-21-19(23)8-5-13-22(26(2,24)25)18-7-4-3-6-17(18)20/h3-4,6-7,9-12H,5,8,13-14H2,1-2H3,(H,21,23). The smallest absolute Gasteiger partial charge is 0.232 e. The van der Waals surface area contributed by atoms with Gasteiger partial charge < -0.3 is 5.32 Å². The number of carbonyl (C=O) groups is 1. The molecule has 0 heterocycles. The van der Waals surface area contributed by atoms with E-state index in [4.69, 9.17) is 0 Å². The summed E-state index contributed by atoms with van der Waals surface area (Å²) in [5, 5.41) is 2.80. The van der Waals surface area contributed by atoms with Crippen LogP contribution in [0.15, 0.2) is 48.5 Å². The van der Waals surface area contributed by atoms with Gasteiger partial charge in [0, 0.05) is 19.5 Å². The van der Waals surface area contributed by atoms with E-state index in [1.54, 1.807) is 6.07 Å². The maximum absolute atomic E-state index is 13.9. The van der Waals surface area contributed by atoms with Gasteiger partial charge in [-0.2, -0.15) is 0 Å². The molecule has 140 valence electrons. The first-order valence-corrected chi connectivity index (χ1v) is 10.2. The molecule has 1 amide bonds. The van der Waals surface area contributed by atoms with Gasteiger partial charge in [-0.15, -0.1) is 0 Å². The highest BCUT2D eigenvalue weighted by atomic mass is 32.2. The van der Waals surface area contributed by atoms with Crippen molar-refractivity contribution < 1.29 is 17.6 Å². The van der Waals surface area contributed by atoms with Crippen molar-refractivity contribution >= 4 is 21.6 Å². The Labute approximate surface area is 153 Å². The zero-order valence-electron chi connectivity index (χ0n) is 14.9. The monoisotopic (exact) mass is 378 g/mol. The average Bonchev–Trinajstić information content (AvgIpc) is 2.58. The van der Waals surface area contributed by atoms with E-state index in [0.717, 1.165) is 21.7 Å². The van der Waals surface area contributed by atoms with E-state index in [1.807, 2.05) is 31.2 Å². The summed E-state index contributed by atoms with van der Waals surface area (Å²) in [7, 11) is -3.64. The first-order valence-electron chi connectivity index (χ1n) is 8.32. The van der Waals surface area contributed by atoms with E-state index in [1.165, 1.54) is 18.2 Å². The molecule has 2 aromatic rings. The maximum atomic E-state index is 13.9. The second-order valence-electron chi connectivity index (χ2n) is 6.15. The van der Waals surface area contributed by atoms with Gasteiger partial charge in [0.2, 0.25) is 15.9 Å². The molecule has 0 aliphatic carbocycles. The van der Waals surface area contributed by atoms with Crippen molar-refractivity contribution in [2.24, 2.45) is 0 Å². The minimum absolute atomic E-state index is 0.00457. The van der Waals surface area contributed by atoms with Gasteiger partial charge in [0.15, 0.2) is 0 Å². The van der Waals surface area contributed by atoms with Crippen LogP contribution < -0.4 is 9.62 Å². The topological polar surface area (TPSA) is 66.5 Å². The van der Waals surface area contributed by atoms with Crippen LogP contribution in [0.1, 0.15) is 24.0 Å². The van der Waals surface area contributed by atoms with Gasteiger partial charge in [-0.25, -0.2) is 12.8 Å². The highest BCUT2D eigenvalue weighted by Gasteiger charge is 2.20. The minimum Gasteiger partial charge on any atom is -0.352 e. The molecule has 0 aromatic heterocycles. The Morgan fingerprint density at radius 1 is 1.12 bits per heavy atom. The molecule has 0 spiro atoms. The van der Waals surface area contributed by atoms with Crippen LogP contribution >= 0.6 is 0 Å². The molecule has 0 saturated carbocycles. The van der Waals surface area contributed by atoms with Gasteiger partial charge in [-0.05, 0) is 31.0 Å². The Kier molecular flexibility index (Phi) is 6.74. The number of benzene rings is 2. The molecule has 0 saturated heterocycles. The fraction of sp³-hybridized carbons (Fsp3) is 0.316. The van der Waals surface area contributed by atoms with E-state index in [9.17, 15) is 17.6 Å². The number of carbonyl (C=O) groups excluding carboxylic acids is 1. The largest absolute Gasteiger partial charge is 0.352 e. The van der Waals surface area contributed by atoms with Crippen molar-refractivity contribution in [1.29, 1.82) is 0 Å². The molecule has 0 aliphatic rings. The molecule has 7 heteroatoms. The average molecular weight is 378 g/mol. The predicted molar refractivity (Wildman–Crippen MR) is 101 cm³/mol. The molecule has 0 fully saturated rings. The first kappa shape index (κ1) is 19.9. The Bertz CT molecular complexity index is 851. The molecule has 2 aromatic carbocycles. The van der Waals surface area contributed by atoms with Crippen LogP contribution in [0.25, 0.3) is 0 Å². The SMILES string of the molecule is Cc1ccc(CNC(=O)CCCN(c2ccccc2F)S(C)(=O)=O)cc1. The number of para-hydroxylation sites is 1. The number of hydrogen-bond acceptors (Lipinski definition) is 3. The molecule has 0 radical (unpaired) electrons. The molecule has 0 aliphatic heterocycles. The summed E-state index contributed by atoms with van der Waals surface area (Å²) in [5.41, 5.74) is 2.14. The lowest BCUT2D eigenvalue weighted by atomic mass is 10.1. The van der Waals surface area contributed by atoms with Crippen LogP contribution in [0, 0.1) is 12.7 Å². The van der Waals surface area contributed by atoms with Crippen molar-refractivity contribution in [3.8, 4) is 0 Å². The Hall–Kier alpha value is -2.41. The predicted octanol–water partition coefficient (Wildman–Crippen LogP) is 3.00. The van der Waals surface area contributed by atoms with Crippen molar-refractivity contribution in [2.45, 2.75) is 26.3 Å². The molecule has 1 N–H and O–H groups in total. The molecule has 0 unspecified atom stereocenters. The molecule has 2 rings (SSSR count). The number of anilines is 1. The van der Waals surface area contributed by atoms with Gasteiger partial charge in [0.25, 0.3) is 0 Å². The van der Waals surface area contributed by atoms with Gasteiger partial charge in [-0.3, -0.25) is 9.10 Å². The van der Waals surface area contributed by atoms with E-state index < -0.39 is 15.8 Å². The molecule has 0 bridgehead atoms. The van der Waals surface area contributed by atoms with Crippen LogP contribution in [0.2, 0.25) is 0 Å². The van der Waals surface area contributed by atoms with Crippen molar-refractivity contribution in [1.82, 2.24) is 5.32 Å². The first-order chi connectivity index (χ1) is 12.3. The van der Waals surface area contributed by atoms with E-state index >= 15 is 0 Å². The summed E-state index contributed by atoms with van der Waals surface area (Å²) in [6.07, 6.45) is 1.48. The summed E-state index contributed by atoms with van der Waals surface area (Å²) in [5.74, 6) is -0.783. The summed E-state index contributed by atoms with van der Waals surface area (Å²) in [6, 6.07) is 13.5. The summed E-state index contributed by atoms with van der Waals surface area (Å²) < 4.78 is 38.8. The van der Waals surface area contributed by atoms with E-state index in [2.05, 4.69) is 5.32 Å². The zero-order valence-corrected chi connectivity index (χ0v) is 15.7. The van der Waals surface area contributed by atoms with Crippen molar-refractivity contribution in [2.75, 3.05) is 17.1 Å². The number of nitrogens with zero attached hydrogens (tertiary/aromatic N) is 1. The summed E-state index contributed by atoms with van der Waals surface area (Å²) >= 11 is 0. The highest BCUT2D eigenvalue weighted by molar-refractivity contribution is 7.92. The van der Waals surface area contributed by atoms with Crippen LogP contribution in [0.3, 0.4) is 0 Å². The van der Waals surface area contributed by atoms with E-state index in [0.29, 0.717) is 13.0 Å². The fourth-order valence-electron chi connectivity index (χ4n) is 2.50. The normalized spacial score (nSPS) is 11.2. The molecule has 5 nitrogen and oxygen atoms in total. The van der Waals surface area contributed by atoms with Gasteiger partial charge in [0.1, 0.15) is 5.82 Å². The molecule has 0 atom stereocenters. The lowest BCUT2D eigenvalue weighted by Gasteiger charge is -2.22. The van der Waals surface area contributed by atoms with Gasteiger partial charge >= 0.3 is 0 Å². The maximum Gasteiger partial charge on any atom is 0.232 e. The third kappa shape index (κ3) is 5.84. The Morgan fingerprint density at radius 2 is 1.77 bits per heavy atom. The van der Waals surface area contributed by atoms with Crippen LogP contribution in [-0.4, -0.2) is 27.1 Å². The zero-order chi connectivity index (χ0) is 19.2. The number of hydrogen-bond donors (Lipinski definition) is 1. The number of nitrogens with one attached hydrogen (secondary N) is 1. The molecular weight excluding hydrogens is 355 g/mol. The van der Waals surface area contributed by atoms with Crippen molar-refractivity contribution in [3.63, 3.8) is 0 Å². The van der Waals surface area contributed by atoms with Gasteiger partial charge in [0.05, 0.1) is 11.9 Å².